The van der Waals surface area contributed by atoms with Crippen molar-refractivity contribution in [3.8, 4) is 0 Å². The van der Waals surface area contributed by atoms with Crippen LogP contribution in [0.25, 0.3) is 0 Å². The fraction of sp³-hybridized carbons (Fsp3) is 0.238. The molecule has 2 aromatic carbocycles. The van der Waals surface area contributed by atoms with Crippen molar-refractivity contribution in [1.29, 1.82) is 0 Å². The van der Waals surface area contributed by atoms with Crippen LogP contribution in [0.15, 0.2) is 72.3 Å². The topological polar surface area (TPSA) is 46.6 Å². The van der Waals surface area contributed by atoms with E-state index in [4.69, 9.17) is 4.74 Å². The molecule has 4 heteroatoms. The standard InChI is InChI=1S/C21H21NO3/c1-16(12-13-17-8-4-2-5-9-17)20(23)22-19(15-25-21(22)24)14-18-10-6-3-7-11-18/h2-12,19H,13-15H2,1H3/t19-/m0/s1. The van der Waals surface area contributed by atoms with E-state index in [0.29, 0.717) is 18.4 Å². The number of allylic oxidation sites excluding steroid dienone is 1. The molecule has 0 N–H and O–H groups in total. The zero-order valence-electron chi connectivity index (χ0n) is 14.2. The van der Waals surface area contributed by atoms with Gasteiger partial charge in [0.2, 0.25) is 0 Å². The Kier molecular flexibility index (Phi) is 5.29. The van der Waals surface area contributed by atoms with Crippen molar-refractivity contribution in [2.75, 3.05) is 6.61 Å². The van der Waals surface area contributed by atoms with Gasteiger partial charge in [0.25, 0.3) is 5.91 Å². The van der Waals surface area contributed by atoms with Crippen LogP contribution in [0.4, 0.5) is 4.79 Å². The fourth-order valence-electron chi connectivity index (χ4n) is 2.91. The summed E-state index contributed by atoms with van der Waals surface area (Å²) in [7, 11) is 0. The normalized spacial score (nSPS) is 17.5. The van der Waals surface area contributed by atoms with Gasteiger partial charge in [-0.3, -0.25) is 4.79 Å². The van der Waals surface area contributed by atoms with Crippen molar-refractivity contribution in [2.24, 2.45) is 0 Å². The zero-order chi connectivity index (χ0) is 17.6. The van der Waals surface area contributed by atoms with E-state index in [1.54, 1.807) is 6.92 Å². The highest BCUT2D eigenvalue weighted by Gasteiger charge is 2.38. The lowest BCUT2D eigenvalue weighted by Gasteiger charge is -2.20. The molecule has 4 nitrogen and oxygen atoms in total. The first-order valence-electron chi connectivity index (χ1n) is 8.40. The molecule has 1 aliphatic heterocycles. The molecule has 0 unspecified atom stereocenters. The van der Waals surface area contributed by atoms with Crippen molar-refractivity contribution in [3.05, 3.63) is 83.4 Å². The Hall–Kier alpha value is -2.88. The van der Waals surface area contributed by atoms with Crippen LogP contribution in [0, 0.1) is 0 Å². The first kappa shape index (κ1) is 17.0. The molecule has 0 aliphatic carbocycles. The molecule has 0 aromatic heterocycles. The van der Waals surface area contributed by atoms with Crippen LogP contribution in [0.3, 0.4) is 0 Å². The second-order valence-corrected chi connectivity index (χ2v) is 6.17. The number of amides is 2. The summed E-state index contributed by atoms with van der Waals surface area (Å²) in [5.74, 6) is -0.278. The molecule has 0 saturated carbocycles. The number of carbonyl (C=O) groups is 2. The average Bonchev–Trinajstić information content (AvgIpc) is 3.01. The maximum Gasteiger partial charge on any atom is 0.417 e. The molecular formula is C21H21NO3. The van der Waals surface area contributed by atoms with Crippen LogP contribution in [0.5, 0.6) is 0 Å². The largest absolute Gasteiger partial charge is 0.447 e. The van der Waals surface area contributed by atoms with Gasteiger partial charge in [0.05, 0.1) is 6.04 Å². The summed E-state index contributed by atoms with van der Waals surface area (Å²) in [6.45, 7) is 1.99. The average molecular weight is 335 g/mol. The van der Waals surface area contributed by atoms with Crippen LogP contribution >= 0.6 is 0 Å². The number of ether oxygens (including phenoxy) is 1. The van der Waals surface area contributed by atoms with E-state index in [1.165, 1.54) is 4.90 Å². The van der Waals surface area contributed by atoms with Crippen LogP contribution in [0.2, 0.25) is 0 Å². The van der Waals surface area contributed by atoms with Crippen LogP contribution in [0.1, 0.15) is 18.1 Å². The van der Waals surface area contributed by atoms with E-state index in [9.17, 15) is 9.59 Å². The van der Waals surface area contributed by atoms with Gasteiger partial charge in [0.1, 0.15) is 6.61 Å². The van der Waals surface area contributed by atoms with E-state index < -0.39 is 6.09 Å². The summed E-state index contributed by atoms with van der Waals surface area (Å²) in [4.78, 5) is 26.0. The van der Waals surface area contributed by atoms with Gasteiger partial charge in [-0.1, -0.05) is 66.7 Å². The second-order valence-electron chi connectivity index (χ2n) is 6.17. The third-order valence-corrected chi connectivity index (χ3v) is 4.32. The third kappa shape index (κ3) is 4.15. The van der Waals surface area contributed by atoms with E-state index in [2.05, 4.69) is 0 Å². The van der Waals surface area contributed by atoms with Gasteiger partial charge in [0, 0.05) is 5.57 Å². The molecular weight excluding hydrogens is 314 g/mol. The molecule has 25 heavy (non-hydrogen) atoms. The predicted molar refractivity (Wildman–Crippen MR) is 96.0 cm³/mol. The summed E-state index contributed by atoms with van der Waals surface area (Å²) in [6, 6.07) is 19.5. The van der Waals surface area contributed by atoms with Crippen molar-refractivity contribution >= 4 is 12.0 Å². The Morgan fingerprint density at radius 3 is 2.32 bits per heavy atom. The first-order valence-corrected chi connectivity index (χ1v) is 8.40. The summed E-state index contributed by atoms with van der Waals surface area (Å²) >= 11 is 0. The Labute approximate surface area is 147 Å². The Balaban J connectivity index is 1.70. The van der Waals surface area contributed by atoms with Crippen molar-refractivity contribution < 1.29 is 14.3 Å². The van der Waals surface area contributed by atoms with Gasteiger partial charge in [-0.05, 0) is 30.9 Å². The minimum absolute atomic E-state index is 0.242. The molecule has 1 aliphatic rings. The monoisotopic (exact) mass is 335 g/mol. The molecule has 1 saturated heterocycles. The van der Waals surface area contributed by atoms with Gasteiger partial charge < -0.3 is 4.74 Å². The first-order chi connectivity index (χ1) is 12.1. The molecule has 0 radical (unpaired) electrons. The minimum Gasteiger partial charge on any atom is -0.447 e. The number of nitrogens with zero attached hydrogens (tertiary/aromatic N) is 1. The molecule has 1 heterocycles. The van der Waals surface area contributed by atoms with Gasteiger partial charge in [-0.2, -0.15) is 0 Å². The zero-order valence-corrected chi connectivity index (χ0v) is 14.2. The van der Waals surface area contributed by atoms with Crippen LogP contribution in [-0.4, -0.2) is 29.5 Å². The summed E-state index contributed by atoms with van der Waals surface area (Å²) in [6.07, 6.45) is 2.57. The van der Waals surface area contributed by atoms with E-state index in [1.807, 2.05) is 66.7 Å². The van der Waals surface area contributed by atoms with Gasteiger partial charge in [-0.15, -0.1) is 0 Å². The fourth-order valence-corrected chi connectivity index (χ4v) is 2.91. The van der Waals surface area contributed by atoms with Gasteiger partial charge in [0.15, 0.2) is 0 Å². The highest BCUT2D eigenvalue weighted by molar-refractivity contribution is 6.03. The quantitative estimate of drug-likeness (QED) is 0.782. The lowest BCUT2D eigenvalue weighted by Crippen LogP contribution is -2.40. The molecule has 128 valence electrons. The van der Waals surface area contributed by atoms with Crippen molar-refractivity contribution in [1.82, 2.24) is 4.90 Å². The lowest BCUT2D eigenvalue weighted by molar-refractivity contribution is -0.125. The highest BCUT2D eigenvalue weighted by Crippen LogP contribution is 2.20. The third-order valence-electron chi connectivity index (χ3n) is 4.32. The Bertz CT molecular complexity index is 768. The molecule has 2 amide bonds. The van der Waals surface area contributed by atoms with Crippen molar-refractivity contribution in [2.45, 2.75) is 25.8 Å². The van der Waals surface area contributed by atoms with Gasteiger partial charge in [-0.25, -0.2) is 9.69 Å². The number of rotatable bonds is 5. The Morgan fingerprint density at radius 1 is 1.08 bits per heavy atom. The summed E-state index contributed by atoms with van der Waals surface area (Å²) in [5, 5.41) is 0. The number of carbonyl (C=O) groups excluding carboxylic acids is 2. The maximum absolute atomic E-state index is 12.7. The van der Waals surface area contributed by atoms with E-state index >= 15 is 0 Å². The maximum atomic E-state index is 12.7. The van der Waals surface area contributed by atoms with E-state index in [0.717, 1.165) is 11.1 Å². The molecule has 0 spiro atoms. The molecule has 1 fully saturated rings. The Morgan fingerprint density at radius 2 is 1.68 bits per heavy atom. The predicted octanol–water partition coefficient (Wildman–Crippen LogP) is 3.77. The molecule has 2 aromatic rings. The highest BCUT2D eigenvalue weighted by atomic mass is 16.6. The lowest BCUT2D eigenvalue weighted by atomic mass is 10.0. The smallest absolute Gasteiger partial charge is 0.417 e. The number of imide groups is 1. The number of cyclic esters (lactones) is 1. The van der Waals surface area contributed by atoms with Crippen molar-refractivity contribution in [3.63, 3.8) is 0 Å². The molecule has 3 rings (SSSR count). The number of benzene rings is 2. The summed E-state index contributed by atoms with van der Waals surface area (Å²) in [5.41, 5.74) is 2.76. The number of hydrogen-bond acceptors (Lipinski definition) is 3. The summed E-state index contributed by atoms with van der Waals surface area (Å²) < 4.78 is 5.12. The molecule has 1 atom stereocenters. The SMILES string of the molecule is CC(=CCc1ccccc1)C(=O)N1C(=O)OC[C@@H]1Cc1ccccc1. The minimum atomic E-state index is -0.557. The second kappa shape index (κ2) is 7.79. The van der Waals surface area contributed by atoms with E-state index in [-0.39, 0.29) is 18.6 Å². The molecule has 0 bridgehead atoms. The van der Waals surface area contributed by atoms with Crippen LogP contribution in [-0.2, 0) is 22.4 Å². The number of hydrogen-bond donors (Lipinski definition) is 0. The van der Waals surface area contributed by atoms with Gasteiger partial charge >= 0.3 is 6.09 Å². The van der Waals surface area contributed by atoms with Crippen LogP contribution < -0.4 is 0 Å².